The molecule has 0 saturated carbocycles. The Kier molecular flexibility index (Phi) is 31.3. The van der Waals surface area contributed by atoms with Gasteiger partial charge in [0, 0.05) is 0 Å². The Balaban J connectivity index is -0.000000143. The van der Waals surface area contributed by atoms with Crippen LogP contribution in [0.15, 0.2) is 13.2 Å². The van der Waals surface area contributed by atoms with Crippen LogP contribution >= 0.6 is 0 Å². The molecule has 0 aromatic heterocycles. The molecule has 0 N–H and O–H groups in total. The Morgan fingerprint density at radius 1 is 0.923 bits per heavy atom. The molecule has 0 atom stereocenters. The maximum absolute atomic E-state index is 3.37. The monoisotopic (exact) mass is 222 g/mol. The van der Waals surface area contributed by atoms with Crippen molar-refractivity contribution >= 4 is 0 Å². The van der Waals surface area contributed by atoms with E-state index < -0.39 is 0 Å². The van der Waals surface area contributed by atoms with E-state index in [4.69, 9.17) is 0 Å². The van der Waals surface area contributed by atoms with E-state index >= 15 is 0 Å². The van der Waals surface area contributed by atoms with Crippen LogP contribution in [0.2, 0.25) is 0 Å². The van der Waals surface area contributed by atoms with Crippen molar-refractivity contribution in [2.75, 3.05) is 0 Å². The molecule has 0 spiro atoms. The maximum atomic E-state index is 3.37. The third-order valence-corrected chi connectivity index (χ3v) is 0.780. The van der Waals surface area contributed by atoms with Crippen LogP contribution in [0.4, 0.5) is 0 Å². The van der Waals surface area contributed by atoms with Gasteiger partial charge in [0.1, 0.15) is 0 Å². The molecule has 0 heterocycles. The molecule has 0 radical (unpaired) electrons. The number of hydrogen-bond acceptors (Lipinski definition) is 0. The summed E-state index contributed by atoms with van der Waals surface area (Å²) in [5.41, 5.74) is 0. The van der Waals surface area contributed by atoms with Gasteiger partial charge < -0.3 is 12.2 Å². The van der Waals surface area contributed by atoms with Crippen LogP contribution in [0.3, 0.4) is 0 Å². The van der Waals surface area contributed by atoms with Crippen LogP contribution in [0.5, 0.6) is 0 Å². The van der Waals surface area contributed by atoms with Crippen molar-refractivity contribution in [1.82, 2.24) is 0 Å². The number of hydrogen-bond donors (Lipinski definition) is 0. The number of allylic oxidation sites excluding steroid dienone is 2. The average Bonchev–Trinajstić information content (AvgIpc) is 2.12. The third-order valence-electron chi connectivity index (χ3n) is 0.780. The van der Waals surface area contributed by atoms with Gasteiger partial charge in [0.25, 0.3) is 0 Å². The van der Waals surface area contributed by atoms with Gasteiger partial charge in [0.05, 0.1) is 0 Å². The van der Waals surface area contributed by atoms with Crippen LogP contribution < -0.4 is 0 Å². The van der Waals surface area contributed by atoms with E-state index in [1.165, 1.54) is 0 Å². The first-order valence-corrected chi connectivity index (χ1v) is 3.62. The standard InChI is InChI=1S/2C6H7.Zn/c2*1-3-5-6-4-2;/h2*1,5H2,2H3;/q2*-1;+2. The molecular weight excluding hydrogens is 210 g/mol. The van der Waals surface area contributed by atoms with Crippen molar-refractivity contribution in [3.8, 4) is 23.7 Å². The molecule has 13 heavy (non-hydrogen) atoms. The maximum Gasteiger partial charge on any atom is 2.00 e. The molecule has 0 saturated heterocycles. The van der Waals surface area contributed by atoms with E-state index in [0.717, 1.165) is 0 Å². The van der Waals surface area contributed by atoms with Crippen LogP contribution in [0.25, 0.3) is 0 Å². The summed E-state index contributed by atoms with van der Waals surface area (Å²) < 4.78 is 0. The largest absolute Gasteiger partial charge is 2.00 e. The minimum Gasteiger partial charge on any atom is -0.492 e. The summed E-state index contributed by atoms with van der Waals surface area (Å²) in [6, 6.07) is 0. The Morgan fingerprint density at radius 2 is 1.23 bits per heavy atom. The van der Waals surface area contributed by atoms with Crippen LogP contribution in [0.1, 0.15) is 26.7 Å². The SMILES string of the molecule is C=[C-]CC#CC.C=[C-]CC#CC.[Zn+2]. The van der Waals surface area contributed by atoms with Gasteiger partial charge in [-0.1, -0.05) is 0 Å². The van der Waals surface area contributed by atoms with Crippen molar-refractivity contribution in [2.45, 2.75) is 26.7 Å². The second kappa shape index (κ2) is 22.5. The van der Waals surface area contributed by atoms with Crippen molar-refractivity contribution in [2.24, 2.45) is 0 Å². The summed E-state index contributed by atoms with van der Waals surface area (Å²) in [6.07, 6.45) is 6.67. The van der Waals surface area contributed by atoms with Crippen molar-refractivity contribution in [1.29, 1.82) is 0 Å². The van der Waals surface area contributed by atoms with Gasteiger partial charge in [-0.05, 0) is 13.8 Å². The fourth-order valence-corrected chi connectivity index (χ4v) is 0.302. The molecule has 0 amide bonds. The summed E-state index contributed by atoms with van der Waals surface area (Å²) in [5.74, 6) is 11.0. The molecule has 0 rings (SSSR count). The smallest absolute Gasteiger partial charge is 0.492 e. The molecule has 0 aliphatic carbocycles. The summed E-state index contributed by atoms with van der Waals surface area (Å²) >= 11 is 0. The summed E-state index contributed by atoms with van der Waals surface area (Å²) in [6.45, 7) is 10.3. The van der Waals surface area contributed by atoms with Gasteiger partial charge in [-0.15, -0.1) is 36.5 Å². The zero-order valence-corrected chi connectivity index (χ0v) is 11.5. The molecule has 0 bridgehead atoms. The van der Waals surface area contributed by atoms with Crippen LogP contribution in [-0.2, 0) is 19.5 Å². The molecule has 0 aromatic carbocycles. The van der Waals surface area contributed by atoms with Crippen LogP contribution in [0, 0.1) is 35.8 Å². The molecule has 0 nitrogen and oxygen atoms in total. The Hall–Kier alpha value is -0.777. The first-order valence-electron chi connectivity index (χ1n) is 3.62. The van der Waals surface area contributed by atoms with Crippen molar-refractivity contribution < 1.29 is 19.5 Å². The van der Waals surface area contributed by atoms with Crippen molar-refractivity contribution in [3.05, 3.63) is 25.3 Å². The molecule has 0 aliphatic rings. The third kappa shape index (κ3) is 35.0. The van der Waals surface area contributed by atoms with Gasteiger partial charge in [-0.3, -0.25) is 13.2 Å². The average molecular weight is 224 g/mol. The van der Waals surface area contributed by atoms with E-state index in [2.05, 4.69) is 49.0 Å². The van der Waals surface area contributed by atoms with Gasteiger partial charge in [-0.25, -0.2) is 0 Å². The van der Waals surface area contributed by atoms with Crippen molar-refractivity contribution in [3.63, 3.8) is 0 Å². The molecule has 1 heteroatoms. The summed E-state index contributed by atoms with van der Waals surface area (Å²) in [7, 11) is 0. The summed E-state index contributed by atoms with van der Waals surface area (Å²) in [5, 5.41) is 0. The van der Waals surface area contributed by atoms with Crippen LogP contribution in [-0.4, -0.2) is 0 Å². The fraction of sp³-hybridized carbons (Fsp3) is 0.333. The normalized spacial score (nSPS) is 5.08. The van der Waals surface area contributed by atoms with Gasteiger partial charge in [-0.2, -0.15) is 0 Å². The molecule has 0 aliphatic heterocycles. The van der Waals surface area contributed by atoms with Gasteiger partial charge >= 0.3 is 19.5 Å². The topological polar surface area (TPSA) is 0 Å². The first-order chi connectivity index (χ1) is 5.83. The Labute approximate surface area is 95.3 Å². The quantitative estimate of drug-likeness (QED) is 0.384. The van der Waals surface area contributed by atoms with E-state index in [1.807, 2.05) is 0 Å². The molecule has 64 valence electrons. The molecule has 0 fully saturated rings. The molecule has 0 aromatic rings. The molecule has 0 unspecified atom stereocenters. The predicted molar refractivity (Wildman–Crippen MR) is 53.9 cm³/mol. The Morgan fingerprint density at radius 3 is 1.31 bits per heavy atom. The zero-order chi connectivity index (χ0) is 9.66. The van der Waals surface area contributed by atoms with E-state index in [0.29, 0.717) is 12.8 Å². The first kappa shape index (κ1) is 18.1. The minimum atomic E-state index is 0. The fourth-order valence-electron chi connectivity index (χ4n) is 0.302. The number of rotatable bonds is 2. The molecular formula is C12H14Zn. The summed E-state index contributed by atoms with van der Waals surface area (Å²) in [4.78, 5) is 0. The van der Waals surface area contributed by atoms with Gasteiger partial charge in [0.2, 0.25) is 0 Å². The predicted octanol–water partition coefficient (Wildman–Crippen LogP) is 2.78. The second-order valence-electron chi connectivity index (χ2n) is 1.71. The van der Waals surface area contributed by atoms with E-state index in [-0.39, 0.29) is 19.5 Å². The Bertz CT molecular complexity index is 191. The van der Waals surface area contributed by atoms with E-state index in [9.17, 15) is 0 Å². The van der Waals surface area contributed by atoms with E-state index in [1.54, 1.807) is 13.8 Å². The second-order valence-corrected chi connectivity index (χ2v) is 1.71. The minimum absolute atomic E-state index is 0. The van der Waals surface area contributed by atoms with Gasteiger partial charge in [0.15, 0.2) is 0 Å². The zero-order valence-electron chi connectivity index (χ0n) is 8.54.